The number of benzene rings is 1. The number of rotatable bonds is 1. The van der Waals surface area contributed by atoms with Crippen molar-refractivity contribution in [3.63, 3.8) is 0 Å². The molecule has 1 N–H and O–H groups in total. The van der Waals surface area contributed by atoms with Crippen LogP contribution in [-0.4, -0.2) is 16.1 Å². The Morgan fingerprint density at radius 1 is 1.31 bits per heavy atom. The molecule has 0 aliphatic rings. The summed E-state index contributed by atoms with van der Waals surface area (Å²) < 4.78 is 0.866. The number of aromatic nitrogens is 1. The highest BCUT2D eigenvalue weighted by Gasteiger charge is 2.12. The number of hydrogen-bond acceptors (Lipinski definition) is 2. The smallest absolute Gasteiger partial charge is 0.336 e. The summed E-state index contributed by atoms with van der Waals surface area (Å²) in [5.74, 6) is -0.923. The Bertz CT molecular complexity index is 593. The molecule has 3 nitrogen and oxygen atoms in total. The second-order valence-electron chi connectivity index (χ2n) is 3.74. The zero-order valence-corrected chi connectivity index (χ0v) is 10.5. The summed E-state index contributed by atoms with van der Waals surface area (Å²) >= 11 is 3.36. The lowest BCUT2D eigenvalue weighted by Crippen LogP contribution is -2.01. The first-order chi connectivity index (χ1) is 7.49. The molecule has 82 valence electrons. The van der Waals surface area contributed by atoms with Crippen LogP contribution >= 0.6 is 15.9 Å². The van der Waals surface area contributed by atoms with Gasteiger partial charge in [0.15, 0.2) is 0 Å². The van der Waals surface area contributed by atoms with E-state index in [2.05, 4.69) is 20.9 Å². The number of fused-ring (bicyclic) bond motifs is 1. The monoisotopic (exact) mass is 279 g/mol. The van der Waals surface area contributed by atoms with Crippen molar-refractivity contribution in [2.24, 2.45) is 0 Å². The maximum atomic E-state index is 11.1. The second kappa shape index (κ2) is 3.87. The van der Waals surface area contributed by atoms with E-state index in [-0.39, 0.29) is 0 Å². The maximum Gasteiger partial charge on any atom is 0.336 e. The molecule has 1 aromatic carbocycles. The molecule has 0 aliphatic heterocycles. The van der Waals surface area contributed by atoms with Crippen LogP contribution in [0.25, 0.3) is 10.9 Å². The summed E-state index contributed by atoms with van der Waals surface area (Å²) in [5.41, 5.74) is 2.73. The van der Waals surface area contributed by atoms with Gasteiger partial charge in [-0.2, -0.15) is 0 Å². The molecule has 1 heterocycles. The van der Waals surface area contributed by atoms with Crippen LogP contribution in [0.3, 0.4) is 0 Å². The highest BCUT2D eigenvalue weighted by molar-refractivity contribution is 9.10. The van der Waals surface area contributed by atoms with Gasteiger partial charge in [0.05, 0.1) is 11.1 Å². The molecular weight excluding hydrogens is 270 g/mol. The standard InChI is InChI=1S/C12H10BrNO2/c1-6-3-8(13)5-9-10(12(15)16)4-7(2)14-11(6)9/h3-5H,1-2H3,(H,15,16). The van der Waals surface area contributed by atoms with Crippen molar-refractivity contribution in [1.29, 1.82) is 0 Å². The molecule has 0 bridgehead atoms. The van der Waals surface area contributed by atoms with Crippen molar-refractivity contribution in [3.8, 4) is 0 Å². The van der Waals surface area contributed by atoms with Crippen LogP contribution in [0.5, 0.6) is 0 Å². The van der Waals surface area contributed by atoms with Crippen molar-refractivity contribution in [3.05, 3.63) is 39.5 Å². The SMILES string of the molecule is Cc1cc(C(=O)O)c2cc(Br)cc(C)c2n1. The molecular formula is C12H10BrNO2. The molecule has 4 heteroatoms. The largest absolute Gasteiger partial charge is 0.478 e. The Morgan fingerprint density at radius 3 is 2.62 bits per heavy atom. The van der Waals surface area contributed by atoms with E-state index in [1.807, 2.05) is 13.0 Å². The fourth-order valence-corrected chi connectivity index (χ4v) is 2.33. The first-order valence-corrected chi connectivity index (χ1v) is 5.59. The molecule has 0 saturated carbocycles. The molecule has 1 aromatic heterocycles. The minimum absolute atomic E-state index is 0.298. The first kappa shape index (κ1) is 11.1. The van der Waals surface area contributed by atoms with Crippen LogP contribution in [0, 0.1) is 13.8 Å². The number of aryl methyl sites for hydroxylation is 2. The molecule has 0 amide bonds. The lowest BCUT2D eigenvalue weighted by atomic mass is 10.0. The van der Waals surface area contributed by atoms with Crippen LogP contribution in [0.15, 0.2) is 22.7 Å². The summed E-state index contributed by atoms with van der Waals surface area (Å²) in [7, 11) is 0. The van der Waals surface area contributed by atoms with Crippen LogP contribution < -0.4 is 0 Å². The Balaban J connectivity index is 2.95. The van der Waals surface area contributed by atoms with Crippen LogP contribution in [0.1, 0.15) is 21.6 Å². The summed E-state index contributed by atoms with van der Waals surface area (Å²) in [5, 5.41) is 9.82. The Hall–Kier alpha value is -1.42. The van der Waals surface area contributed by atoms with Crippen molar-refractivity contribution < 1.29 is 9.90 Å². The van der Waals surface area contributed by atoms with E-state index in [0.717, 1.165) is 21.2 Å². The summed E-state index contributed by atoms with van der Waals surface area (Å²) in [6.07, 6.45) is 0. The van der Waals surface area contributed by atoms with E-state index in [1.54, 1.807) is 19.1 Å². The quantitative estimate of drug-likeness (QED) is 0.871. The second-order valence-corrected chi connectivity index (χ2v) is 4.65. The van der Waals surface area contributed by atoms with Gasteiger partial charge in [0, 0.05) is 15.6 Å². The zero-order chi connectivity index (χ0) is 11.9. The van der Waals surface area contributed by atoms with Gasteiger partial charge in [0.25, 0.3) is 0 Å². The predicted octanol–water partition coefficient (Wildman–Crippen LogP) is 3.31. The van der Waals surface area contributed by atoms with Crippen molar-refractivity contribution >= 4 is 32.8 Å². The topological polar surface area (TPSA) is 50.2 Å². The van der Waals surface area contributed by atoms with Crippen molar-refractivity contribution in [2.75, 3.05) is 0 Å². The van der Waals surface area contributed by atoms with E-state index in [1.165, 1.54) is 0 Å². The zero-order valence-electron chi connectivity index (χ0n) is 8.91. The molecule has 16 heavy (non-hydrogen) atoms. The normalized spacial score (nSPS) is 10.7. The van der Waals surface area contributed by atoms with Gasteiger partial charge < -0.3 is 5.11 Å². The van der Waals surface area contributed by atoms with Gasteiger partial charge in [-0.1, -0.05) is 15.9 Å². The molecule has 0 aliphatic carbocycles. The van der Waals surface area contributed by atoms with E-state index in [9.17, 15) is 4.79 Å². The lowest BCUT2D eigenvalue weighted by Gasteiger charge is -2.07. The van der Waals surface area contributed by atoms with E-state index in [0.29, 0.717) is 10.9 Å². The number of carboxylic acid groups (broad SMARTS) is 1. The Labute approximate surface area is 101 Å². The highest BCUT2D eigenvalue weighted by atomic mass is 79.9. The van der Waals surface area contributed by atoms with Crippen LogP contribution in [-0.2, 0) is 0 Å². The van der Waals surface area contributed by atoms with E-state index < -0.39 is 5.97 Å². The predicted molar refractivity (Wildman–Crippen MR) is 65.9 cm³/mol. The van der Waals surface area contributed by atoms with Gasteiger partial charge in [-0.25, -0.2) is 4.79 Å². The minimum Gasteiger partial charge on any atom is -0.478 e. The summed E-state index contributed by atoms with van der Waals surface area (Å²) in [4.78, 5) is 15.5. The summed E-state index contributed by atoms with van der Waals surface area (Å²) in [6, 6.07) is 5.31. The number of aromatic carboxylic acids is 1. The van der Waals surface area contributed by atoms with Crippen LogP contribution in [0.2, 0.25) is 0 Å². The molecule has 2 rings (SSSR count). The van der Waals surface area contributed by atoms with Gasteiger partial charge in [0.2, 0.25) is 0 Å². The summed E-state index contributed by atoms with van der Waals surface area (Å²) in [6.45, 7) is 3.72. The molecule has 0 spiro atoms. The maximum absolute atomic E-state index is 11.1. The molecule has 2 aromatic rings. The molecule has 0 fully saturated rings. The molecule has 0 saturated heterocycles. The van der Waals surface area contributed by atoms with Gasteiger partial charge in [-0.15, -0.1) is 0 Å². The first-order valence-electron chi connectivity index (χ1n) is 4.80. The van der Waals surface area contributed by atoms with Crippen LogP contribution in [0.4, 0.5) is 0 Å². The Morgan fingerprint density at radius 2 is 2.00 bits per heavy atom. The fourth-order valence-electron chi connectivity index (χ4n) is 1.76. The number of carboxylic acids is 1. The number of carbonyl (C=O) groups is 1. The van der Waals surface area contributed by atoms with Crippen molar-refractivity contribution in [2.45, 2.75) is 13.8 Å². The van der Waals surface area contributed by atoms with Gasteiger partial charge >= 0.3 is 5.97 Å². The van der Waals surface area contributed by atoms with Gasteiger partial charge in [-0.05, 0) is 37.6 Å². The molecule has 0 radical (unpaired) electrons. The number of halogens is 1. The van der Waals surface area contributed by atoms with E-state index >= 15 is 0 Å². The van der Waals surface area contributed by atoms with Gasteiger partial charge in [-0.3, -0.25) is 4.98 Å². The Kier molecular flexibility index (Phi) is 2.68. The molecule has 0 unspecified atom stereocenters. The third kappa shape index (κ3) is 1.80. The number of nitrogens with zero attached hydrogens (tertiary/aromatic N) is 1. The fraction of sp³-hybridized carbons (Fsp3) is 0.167. The third-order valence-corrected chi connectivity index (χ3v) is 2.89. The average molecular weight is 280 g/mol. The van der Waals surface area contributed by atoms with Gasteiger partial charge in [0.1, 0.15) is 0 Å². The highest BCUT2D eigenvalue weighted by Crippen LogP contribution is 2.26. The molecule has 0 atom stereocenters. The van der Waals surface area contributed by atoms with Crippen molar-refractivity contribution in [1.82, 2.24) is 4.98 Å². The average Bonchev–Trinajstić information content (AvgIpc) is 2.18. The lowest BCUT2D eigenvalue weighted by molar-refractivity contribution is 0.0699. The third-order valence-electron chi connectivity index (χ3n) is 2.43. The number of hydrogen-bond donors (Lipinski definition) is 1. The van der Waals surface area contributed by atoms with E-state index in [4.69, 9.17) is 5.11 Å². The minimum atomic E-state index is -0.923. The number of pyridine rings is 1.